The summed E-state index contributed by atoms with van der Waals surface area (Å²) in [5, 5.41) is 7.33. The minimum Gasteiger partial charge on any atom is -0.495 e. The van der Waals surface area contributed by atoms with Crippen molar-refractivity contribution < 1.29 is 14.1 Å². The summed E-state index contributed by atoms with van der Waals surface area (Å²) in [4.78, 5) is 12.5. The van der Waals surface area contributed by atoms with Crippen LogP contribution >= 0.6 is 0 Å². The molecule has 144 valence electrons. The van der Waals surface area contributed by atoms with Crippen molar-refractivity contribution in [2.24, 2.45) is 5.41 Å². The number of hydrogen-bond acceptors (Lipinski definition) is 4. The standard InChI is InChI=1S/C23H24N2O3/c1-23(2,3)22(26)24-18-13-15(10-12-19(18)27-4)21-17-11-9-14-7-5-6-8-16(14)20(17)25-28-21/h5-8,10,12-13H,9,11H2,1-4H3,(H,24,26). The Labute approximate surface area is 164 Å². The third-order valence-electron chi connectivity index (χ3n) is 5.10. The van der Waals surface area contributed by atoms with Gasteiger partial charge in [-0.2, -0.15) is 0 Å². The molecule has 0 radical (unpaired) electrons. The highest BCUT2D eigenvalue weighted by molar-refractivity contribution is 5.96. The zero-order valence-electron chi connectivity index (χ0n) is 16.6. The zero-order valence-corrected chi connectivity index (χ0v) is 16.6. The molecule has 0 saturated carbocycles. The number of hydrogen-bond donors (Lipinski definition) is 1. The predicted molar refractivity (Wildman–Crippen MR) is 109 cm³/mol. The van der Waals surface area contributed by atoms with Gasteiger partial charge in [-0.3, -0.25) is 4.79 Å². The van der Waals surface area contributed by atoms with Crippen LogP contribution in [0.2, 0.25) is 0 Å². The lowest BCUT2D eigenvalue weighted by molar-refractivity contribution is -0.123. The van der Waals surface area contributed by atoms with Crippen LogP contribution in [-0.2, 0) is 17.6 Å². The van der Waals surface area contributed by atoms with Gasteiger partial charge >= 0.3 is 0 Å². The lowest BCUT2D eigenvalue weighted by Crippen LogP contribution is -2.27. The number of nitrogens with zero attached hydrogens (tertiary/aromatic N) is 1. The van der Waals surface area contributed by atoms with Gasteiger partial charge in [0.2, 0.25) is 5.91 Å². The van der Waals surface area contributed by atoms with E-state index in [9.17, 15) is 4.79 Å². The number of methoxy groups -OCH3 is 1. The second-order valence-corrected chi connectivity index (χ2v) is 8.12. The first kappa shape index (κ1) is 18.3. The Hall–Kier alpha value is -3.08. The molecule has 0 fully saturated rings. The van der Waals surface area contributed by atoms with Crippen molar-refractivity contribution in [1.82, 2.24) is 5.16 Å². The van der Waals surface area contributed by atoms with Crippen LogP contribution < -0.4 is 10.1 Å². The number of amides is 1. The number of aromatic nitrogens is 1. The molecule has 0 saturated heterocycles. The average molecular weight is 376 g/mol. The quantitative estimate of drug-likeness (QED) is 0.691. The molecule has 1 amide bonds. The van der Waals surface area contributed by atoms with Crippen LogP contribution in [0.4, 0.5) is 5.69 Å². The summed E-state index contributed by atoms with van der Waals surface area (Å²) in [5.41, 5.74) is 5.44. The number of fused-ring (bicyclic) bond motifs is 3. The molecule has 0 unspecified atom stereocenters. The lowest BCUT2D eigenvalue weighted by atomic mass is 9.88. The van der Waals surface area contributed by atoms with Gasteiger partial charge in [0.1, 0.15) is 11.4 Å². The third kappa shape index (κ3) is 3.17. The fourth-order valence-corrected chi connectivity index (χ4v) is 3.47. The van der Waals surface area contributed by atoms with E-state index in [0.29, 0.717) is 11.4 Å². The SMILES string of the molecule is COc1ccc(-c2onc3c2CCc2ccccc2-3)cc1NC(=O)C(C)(C)C. The molecule has 3 aromatic rings. The van der Waals surface area contributed by atoms with Crippen molar-refractivity contribution in [2.45, 2.75) is 33.6 Å². The van der Waals surface area contributed by atoms with Gasteiger partial charge in [0.05, 0.1) is 12.8 Å². The molecule has 5 nitrogen and oxygen atoms in total. The van der Waals surface area contributed by atoms with E-state index in [0.717, 1.165) is 41.0 Å². The van der Waals surface area contributed by atoms with Gasteiger partial charge < -0.3 is 14.6 Å². The lowest BCUT2D eigenvalue weighted by Gasteiger charge is -2.19. The van der Waals surface area contributed by atoms with E-state index < -0.39 is 5.41 Å². The van der Waals surface area contributed by atoms with Crippen molar-refractivity contribution in [3.8, 4) is 28.3 Å². The van der Waals surface area contributed by atoms with Gasteiger partial charge in [-0.15, -0.1) is 0 Å². The second kappa shape index (κ2) is 6.82. The Bertz CT molecular complexity index is 1040. The van der Waals surface area contributed by atoms with Crippen molar-refractivity contribution in [3.05, 3.63) is 53.6 Å². The third-order valence-corrected chi connectivity index (χ3v) is 5.10. The van der Waals surface area contributed by atoms with Gasteiger partial charge in [0, 0.05) is 22.1 Å². The van der Waals surface area contributed by atoms with Crippen molar-refractivity contribution >= 4 is 11.6 Å². The van der Waals surface area contributed by atoms with Crippen LogP contribution in [0.3, 0.4) is 0 Å². The zero-order chi connectivity index (χ0) is 19.9. The summed E-state index contributed by atoms with van der Waals surface area (Å²) in [6, 6.07) is 14.0. The second-order valence-electron chi connectivity index (χ2n) is 8.12. The van der Waals surface area contributed by atoms with Crippen LogP contribution in [0.15, 0.2) is 47.0 Å². The molecular weight excluding hydrogens is 352 g/mol. The molecule has 4 rings (SSSR count). The predicted octanol–water partition coefficient (Wildman–Crippen LogP) is 5.10. The Balaban J connectivity index is 1.75. The highest BCUT2D eigenvalue weighted by Gasteiger charge is 2.26. The Morgan fingerprint density at radius 2 is 1.93 bits per heavy atom. The van der Waals surface area contributed by atoms with Crippen LogP contribution in [0.5, 0.6) is 5.75 Å². The number of nitrogens with one attached hydrogen (secondary N) is 1. The number of aryl methyl sites for hydroxylation is 1. The Morgan fingerprint density at radius 3 is 2.68 bits per heavy atom. The van der Waals surface area contributed by atoms with Crippen molar-refractivity contribution in [3.63, 3.8) is 0 Å². The fraction of sp³-hybridized carbons (Fsp3) is 0.304. The maximum atomic E-state index is 12.5. The molecule has 1 aromatic heterocycles. The summed E-state index contributed by atoms with van der Waals surface area (Å²) in [7, 11) is 1.59. The topological polar surface area (TPSA) is 64.4 Å². The maximum Gasteiger partial charge on any atom is 0.229 e. The van der Waals surface area contributed by atoms with E-state index in [1.54, 1.807) is 7.11 Å². The number of carbonyl (C=O) groups excluding carboxylic acids is 1. The first-order chi connectivity index (χ1) is 13.4. The van der Waals surface area contributed by atoms with Crippen LogP contribution in [0.1, 0.15) is 31.9 Å². The number of ether oxygens (including phenoxy) is 1. The van der Waals surface area contributed by atoms with Gasteiger partial charge in [-0.1, -0.05) is 50.2 Å². The van der Waals surface area contributed by atoms with E-state index >= 15 is 0 Å². The van der Waals surface area contributed by atoms with Crippen LogP contribution in [-0.4, -0.2) is 18.2 Å². The molecular formula is C23H24N2O3. The number of rotatable bonds is 3. The summed E-state index contributed by atoms with van der Waals surface area (Å²) < 4.78 is 11.2. The molecule has 1 N–H and O–H groups in total. The largest absolute Gasteiger partial charge is 0.495 e. The molecule has 2 aromatic carbocycles. The van der Waals surface area contributed by atoms with E-state index in [1.165, 1.54) is 5.56 Å². The molecule has 1 heterocycles. The molecule has 0 spiro atoms. The minimum absolute atomic E-state index is 0.0727. The van der Waals surface area contributed by atoms with E-state index in [1.807, 2.05) is 45.0 Å². The normalized spacial score (nSPS) is 12.9. The highest BCUT2D eigenvalue weighted by Crippen LogP contribution is 2.40. The first-order valence-corrected chi connectivity index (χ1v) is 9.45. The van der Waals surface area contributed by atoms with E-state index in [-0.39, 0.29) is 5.91 Å². The summed E-state index contributed by atoms with van der Waals surface area (Å²) in [6.07, 6.45) is 1.84. The Kier molecular flexibility index (Phi) is 4.46. The first-order valence-electron chi connectivity index (χ1n) is 9.45. The molecule has 1 aliphatic rings. The van der Waals surface area contributed by atoms with Crippen LogP contribution in [0.25, 0.3) is 22.6 Å². The summed E-state index contributed by atoms with van der Waals surface area (Å²) in [5.74, 6) is 1.29. The van der Waals surface area contributed by atoms with Gasteiger partial charge in [-0.05, 0) is 36.6 Å². The molecule has 28 heavy (non-hydrogen) atoms. The number of benzene rings is 2. The summed E-state index contributed by atoms with van der Waals surface area (Å²) in [6.45, 7) is 5.63. The number of anilines is 1. The van der Waals surface area contributed by atoms with E-state index in [4.69, 9.17) is 9.26 Å². The molecule has 5 heteroatoms. The molecule has 0 aliphatic heterocycles. The van der Waals surface area contributed by atoms with Gasteiger partial charge in [0.25, 0.3) is 0 Å². The van der Waals surface area contributed by atoms with Gasteiger partial charge in [-0.25, -0.2) is 0 Å². The van der Waals surface area contributed by atoms with Crippen LogP contribution in [0, 0.1) is 5.41 Å². The molecule has 1 aliphatic carbocycles. The number of carbonyl (C=O) groups is 1. The fourth-order valence-electron chi connectivity index (χ4n) is 3.47. The van der Waals surface area contributed by atoms with E-state index in [2.05, 4.69) is 28.7 Å². The Morgan fingerprint density at radius 1 is 1.14 bits per heavy atom. The molecule has 0 bridgehead atoms. The maximum absolute atomic E-state index is 12.5. The van der Waals surface area contributed by atoms with Crippen molar-refractivity contribution in [1.29, 1.82) is 0 Å². The molecule has 0 atom stereocenters. The van der Waals surface area contributed by atoms with Crippen molar-refractivity contribution in [2.75, 3.05) is 12.4 Å². The monoisotopic (exact) mass is 376 g/mol. The summed E-state index contributed by atoms with van der Waals surface area (Å²) >= 11 is 0. The smallest absolute Gasteiger partial charge is 0.229 e. The average Bonchev–Trinajstić information content (AvgIpc) is 3.12. The minimum atomic E-state index is -0.504. The highest BCUT2D eigenvalue weighted by atomic mass is 16.5. The van der Waals surface area contributed by atoms with Gasteiger partial charge in [0.15, 0.2) is 5.76 Å².